The molecule has 3 rings (SSSR count). The molecule has 7 heteroatoms. The van der Waals surface area contributed by atoms with Crippen LogP contribution in [-0.4, -0.2) is 28.9 Å². The molecule has 0 aromatic heterocycles. The van der Waals surface area contributed by atoms with Crippen molar-refractivity contribution in [1.29, 1.82) is 0 Å². The number of halogens is 2. The second-order valence-electron chi connectivity index (χ2n) is 7.17. The number of aromatic hydroxyl groups is 1. The Kier molecular flexibility index (Phi) is 6.97. The van der Waals surface area contributed by atoms with Crippen LogP contribution in [0.4, 0.5) is 8.78 Å². The van der Waals surface area contributed by atoms with Crippen molar-refractivity contribution in [3.8, 4) is 5.75 Å². The number of phenols is 1. The maximum Gasteiger partial charge on any atom is 0.251 e. The van der Waals surface area contributed by atoms with Crippen LogP contribution in [0.2, 0.25) is 0 Å². The number of benzene rings is 3. The summed E-state index contributed by atoms with van der Waals surface area (Å²) in [6.07, 6.45) is -0.0485. The summed E-state index contributed by atoms with van der Waals surface area (Å²) < 4.78 is 27.0. The third-order valence-electron chi connectivity index (χ3n) is 4.86. The molecule has 0 spiro atoms. The molecule has 0 fully saturated rings. The van der Waals surface area contributed by atoms with Gasteiger partial charge in [0.25, 0.3) is 5.91 Å². The molecule has 2 N–H and O–H groups in total. The fraction of sp³-hybridized carbons (Fsp3) is 0.167. The molecule has 0 bridgehead atoms. The topological polar surface area (TPSA) is 69.6 Å². The number of carbonyl (C=O) groups is 2. The Balaban J connectivity index is 1.74. The fourth-order valence-corrected chi connectivity index (χ4v) is 3.12. The number of hydrogen-bond donors (Lipinski definition) is 2. The van der Waals surface area contributed by atoms with E-state index in [9.17, 15) is 23.5 Å². The minimum atomic E-state index is -0.722. The molecule has 160 valence electrons. The van der Waals surface area contributed by atoms with Crippen molar-refractivity contribution in [2.75, 3.05) is 7.05 Å². The Hall–Kier alpha value is -3.74. The summed E-state index contributed by atoms with van der Waals surface area (Å²) in [4.78, 5) is 26.8. The van der Waals surface area contributed by atoms with Gasteiger partial charge in [-0.25, -0.2) is 8.78 Å². The minimum absolute atomic E-state index is 0.0294. The van der Waals surface area contributed by atoms with Crippen molar-refractivity contribution < 1.29 is 23.5 Å². The van der Waals surface area contributed by atoms with Crippen LogP contribution in [0.15, 0.2) is 72.8 Å². The summed E-state index contributed by atoms with van der Waals surface area (Å²) in [6.45, 7) is -0.0294. The van der Waals surface area contributed by atoms with E-state index >= 15 is 0 Å². The highest BCUT2D eigenvalue weighted by molar-refractivity contribution is 5.95. The first-order valence-electron chi connectivity index (χ1n) is 9.66. The van der Waals surface area contributed by atoms with E-state index in [0.29, 0.717) is 5.56 Å². The van der Waals surface area contributed by atoms with Crippen molar-refractivity contribution in [3.63, 3.8) is 0 Å². The molecule has 0 saturated heterocycles. The van der Waals surface area contributed by atoms with Gasteiger partial charge in [-0.1, -0.05) is 36.4 Å². The fourth-order valence-electron chi connectivity index (χ4n) is 3.12. The van der Waals surface area contributed by atoms with Gasteiger partial charge in [0, 0.05) is 30.8 Å². The lowest BCUT2D eigenvalue weighted by Crippen LogP contribution is -2.34. The predicted molar refractivity (Wildman–Crippen MR) is 112 cm³/mol. The molecule has 0 radical (unpaired) electrons. The van der Waals surface area contributed by atoms with Crippen molar-refractivity contribution in [2.24, 2.45) is 0 Å². The molecule has 0 heterocycles. The van der Waals surface area contributed by atoms with Crippen LogP contribution >= 0.6 is 0 Å². The predicted octanol–water partition coefficient (Wildman–Crippen LogP) is 4.19. The third-order valence-corrected chi connectivity index (χ3v) is 4.86. The van der Waals surface area contributed by atoms with Crippen LogP contribution in [0.25, 0.3) is 0 Å². The molecule has 0 aliphatic rings. The summed E-state index contributed by atoms with van der Waals surface area (Å²) in [7, 11) is 1.52. The molecule has 1 atom stereocenters. The Morgan fingerprint density at radius 3 is 2.32 bits per heavy atom. The van der Waals surface area contributed by atoms with Crippen molar-refractivity contribution in [1.82, 2.24) is 10.2 Å². The van der Waals surface area contributed by atoms with E-state index in [1.807, 2.05) is 6.07 Å². The highest BCUT2D eigenvalue weighted by Crippen LogP contribution is 2.20. The van der Waals surface area contributed by atoms with Crippen molar-refractivity contribution in [3.05, 3.63) is 101 Å². The zero-order chi connectivity index (χ0) is 22.4. The number of phenolic OH excluding ortho intramolecular Hbond substituents is 1. The Labute approximate surface area is 178 Å². The smallest absolute Gasteiger partial charge is 0.251 e. The van der Waals surface area contributed by atoms with Gasteiger partial charge in [-0.15, -0.1) is 0 Å². The second kappa shape index (κ2) is 9.84. The summed E-state index contributed by atoms with van der Waals surface area (Å²) in [5.74, 6) is -2.07. The standard InChI is InChI=1S/C24H22F2N2O3/c1-28(15-18-7-10-19(25)13-21(18)26)23(30)14-22(16-5-3-2-4-6-16)27-24(31)17-8-11-20(29)12-9-17/h2-13,22,29H,14-15H2,1H3,(H,27,31). The van der Waals surface area contributed by atoms with Crippen LogP contribution in [0.3, 0.4) is 0 Å². The molecule has 3 aromatic rings. The van der Waals surface area contributed by atoms with Gasteiger partial charge in [0.2, 0.25) is 5.91 Å². The van der Waals surface area contributed by atoms with E-state index in [1.54, 1.807) is 24.3 Å². The number of nitrogens with one attached hydrogen (secondary N) is 1. The maximum atomic E-state index is 13.9. The lowest BCUT2D eigenvalue weighted by atomic mass is 10.0. The molecule has 31 heavy (non-hydrogen) atoms. The number of amides is 2. The zero-order valence-corrected chi connectivity index (χ0v) is 16.9. The van der Waals surface area contributed by atoms with Gasteiger partial charge < -0.3 is 15.3 Å². The monoisotopic (exact) mass is 424 g/mol. The number of rotatable bonds is 7. The number of hydrogen-bond acceptors (Lipinski definition) is 3. The first kappa shape index (κ1) is 22.0. The van der Waals surface area contributed by atoms with E-state index in [4.69, 9.17) is 0 Å². The van der Waals surface area contributed by atoms with Crippen molar-refractivity contribution >= 4 is 11.8 Å². The van der Waals surface area contributed by atoms with Gasteiger partial charge >= 0.3 is 0 Å². The summed E-state index contributed by atoms with van der Waals surface area (Å²) in [5.41, 5.74) is 1.28. The van der Waals surface area contributed by atoms with Crippen LogP contribution in [0, 0.1) is 11.6 Å². The largest absolute Gasteiger partial charge is 0.508 e. The van der Waals surface area contributed by atoms with Gasteiger partial charge in [-0.3, -0.25) is 9.59 Å². The van der Waals surface area contributed by atoms with Crippen LogP contribution < -0.4 is 5.32 Å². The third kappa shape index (κ3) is 5.88. The number of carbonyl (C=O) groups excluding carboxylic acids is 2. The average molecular weight is 424 g/mol. The molecule has 2 amide bonds. The first-order chi connectivity index (χ1) is 14.8. The van der Waals surface area contributed by atoms with Gasteiger partial charge in [-0.2, -0.15) is 0 Å². The second-order valence-corrected chi connectivity index (χ2v) is 7.17. The Morgan fingerprint density at radius 1 is 1.00 bits per heavy atom. The van der Waals surface area contributed by atoms with Crippen molar-refractivity contribution in [2.45, 2.75) is 19.0 Å². The summed E-state index contributed by atoms with van der Waals surface area (Å²) in [5, 5.41) is 12.3. The molecule has 0 aliphatic heterocycles. The van der Waals surface area contributed by atoms with E-state index < -0.39 is 23.6 Å². The van der Waals surface area contributed by atoms with Gasteiger partial charge in [-0.05, 0) is 35.9 Å². The van der Waals surface area contributed by atoms with E-state index in [0.717, 1.165) is 17.7 Å². The molecular formula is C24H22F2N2O3. The quantitative estimate of drug-likeness (QED) is 0.598. The molecule has 0 saturated carbocycles. The number of nitrogens with zero attached hydrogens (tertiary/aromatic N) is 1. The molecular weight excluding hydrogens is 402 g/mol. The summed E-state index contributed by atoms with van der Waals surface area (Å²) in [6, 6.07) is 17.4. The molecule has 1 unspecified atom stereocenters. The minimum Gasteiger partial charge on any atom is -0.508 e. The Bertz CT molecular complexity index is 1060. The molecule has 0 aliphatic carbocycles. The lowest BCUT2D eigenvalue weighted by Gasteiger charge is -2.23. The zero-order valence-electron chi connectivity index (χ0n) is 16.9. The van der Waals surface area contributed by atoms with E-state index in [2.05, 4.69) is 5.32 Å². The SMILES string of the molecule is CN(Cc1ccc(F)cc1F)C(=O)CC(NC(=O)c1ccc(O)cc1)c1ccccc1. The van der Waals surface area contributed by atoms with Crippen LogP contribution in [0.5, 0.6) is 5.75 Å². The van der Waals surface area contributed by atoms with Crippen LogP contribution in [0.1, 0.15) is 33.9 Å². The molecule has 3 aromatic carbocycles. The first-order valence-corrected chi connectivity index (χ1v) is 9.66. The normalized spacial score (nSPS) is 11.6. The summed E-state index contributed by atoms with van der Waals surface area (Å²) >= 11 is 0. The highest BCUT2D eigenvalue weighted by Gasteiger charge is 2.22. The van der Waals surface area contributed by atoms with Gasteiger partial charge in [0.05, 0.1) is 12.5 Å². The molecule has 5 nitrogen and oxygen atoms in total. The van der Waals surface area contributed by atoms with Gasteiger partial charge in [0.1, 0.15) is 17.4 Å². The van der Waals surface area contributed by atoms with E-state index in [1.165, 1.54) is 42.3 Å². The van der Waals surface area contributed by atoms with Gasteiger partial charge in [0.15, 0.2) is 0 Å². The van der Waals surface area contributed by atoms with Crippen LogP contribution in [-0.2, 0) is 11.3 Å². The Morgan fingerprint density at radius 2 is 1.68 bits per heavy atom. The highest BCUT2D eigenvalue weighted by atomic mass is 19.1. The van der Waals surface area contributed by atoms with E-state index in [-0.39, 0.29) is 30.2 Å². The lowest BCUT2D eigenvalue weighted by molar-refractivity contribution is -0.131. The average Bonchev–Trinajstić information content (AvgIpc) is 2.76. The maximum absolute atomic E-state index is 13.9.